The van der Waals surface area contributed by atoms with Crippen LogP contribution in [0.5, 0.6) is 0 Å². The van der Waals surface area contributed by atoms with Crippen molar-refractivity contribution in [3.63, 3.8) is 0 Å². The smallest absolute Gasteiger partial charge is 0.408 e. The fourth-order valence-corrected chi connectivity index (χ4v) is 2.00. The highest BCUT2D eigenvalue weighted by atomic mass is 16.6. The molecule has 98 valence electrons. The number of hydrogen-bond donors (Lipinski definition) is 2. The Morgan fingerprint density at radius 3 is 2.47 bits per heavy atom. The molecule has 2 N–H and O–H groups in total. The highest BCUT2D eigenvalue weighted by Gasteiger charge is 2.27. The van der Waals surface area contributed by atoms with Gasteiger partial charge in [-0.2, -0.15) is 0 Å². The predicted octanol–water partition coefficient (Wildman–Crippen LogP) is 2.15. The maximum absolute atomic E-state index is 11.5. The summed E-state index contributed by atoms with van der Waals surface area (Å²) in [6.45, 7) is 3.69. The summed E-state index contributed by atoms with van der Waals surface area (Å²) in [5.41, 5.74) is 0. The normalized spacial score (nSPS) is 19.6. The van der Waals surface area contributed by atoms with E-state index in [1.165, 1.54) is 0 Å². The summed E-state index contributed by atoms with van der Waals surface area (Å²) in [4.78, 5) is 22.5. The molecule has 1 fully saturated rings. The first-order valence-electron chi connectivity index (χ1n) is 6.24. The summed E-state index contributed by atoms with van der Waals surface area (Å²) >= 11 is 0. The third-order valence-corrected chi connectivity index (χ3v) is 3.33. The van der Waals surface area contributed by atoms with Crippen LogP contribution < -0.4 is 5.32 Å². The molecule has 17 heavy (non-hydrogen) atoms. The van der Waals surface area contributed by atoms with Gasteiger partial charge in [-0.25, -0.2) is 9.59 Å². The molecule has 0 aromatic heterocycles. The van der Waals surface area contributed by atoms with Crippen LogP contribution in [-0.4, -0.2) is 29.3 Å². The van der Waals surface area contributed by atoms with Crippen LogP contribution in [-0.2, 0) is 9.53 Å². The van der Waals surface area contributed by atoms with Crippen LogP contribution in [0.25, 0.3) is 0 Å². The van der Waals surface area contributed by atoms with Crippen molar-refractivity contribution in [2.75, 3.05) is 0 Å². The lowest BCUT2D eigenvalue weighted by molar-refractivity contribution is -0.140. The van der Waals surface area contributed by atoms with E-state index in [9.17, 15) is 9.59 Å². The molecule has 0 radical (unpaired) electrons. The number of hydrogen-bond acceptors (Lipinski definition) is 3. The van der Waals surface area contributed by atoms with Gasteiger partial charge in [-0.05, 0) is 31.6 Å². The van der Waals surface area contributed by atoms with Crippen molar-refractivity contribution in [3.8, 4) is 0 Å². The van der Waals surface area contributed by atoms with E-state index in [1.54, 1.807) is 6.92 Å². The van der Waals surface area contributed by atoms with E-state index in [0.717, 1.165) is 25.7 Å². The Morgan fingerprint density at radius 2 is 2.00 bits per heavy atom. The van der Waals surface area contributed by atoms with E-state index in [2.05, 4.69) is 5.32 Å². The predicted molar refractivity (Wildman–Crippen MR) is 62.8 cm³/mol. The zero-order chi connectivity index (χ0) is 12.8. The minimum absolute atomic E-state index is 0.0404. The molecule has 0 heterocycles. The first kappa shape index (κ1) is 13.8. The number of carboxylic acids is 1. The fourth-order valence-electron chi connectivity index (χ4n) is 2.00. The van der Waals surface area contributed by atoms with Gasteiger partial charge in [-0.1, -0.05) is 20.3 Å². The van der Waals surface area contributed by atoms with E-state index < -0.39 is 18.1 Å². The molecule has 2 unspecified atom stereocenters. The average molecular weight is 243 g/mol. The molecule has 0 aromatic carbocycles. The van der Waals surface area contributed by atoms with Gasteiger partial charge < -0.3 is 15.2 Å². The minimum Gasteiger partial charge on any atom is -0.480 e. The molecule has 2 atom stereocenters. The van der Waals surface area contributed by atoms with Crippen LogP contribution in [0.2, 0.25) is 0 Å². The summed E-state index contributed by atoms with van der Waals surface area (Å²) in [6, 6.07) is -0.867. The number of ether oxygens (including phenoxy) is 1. The Kier molecular flexibility index (Phi) is 5.25. The van der Waals surface area contributed by atoms with Gasteiger partial charge in [0.05, 0.1) is 0 Å². The van der Waals surface area contributed by atoms with Gasteiger partial charge in [0.2, 0.25) is 0 Å². The van der Waals surface area contributed by atoms with Gasteiger partial charge in [0.15, 0.2) is 0 Å². The molecule has 0 bridgehead atoms. The fraction of sp³-hybridized carbons (Fsp3) is 0.833. The van der Waals surface area contributed by atoms with E-state index in [-0.39, 0.29) is 12.0 Å². The Morgan fingerprint density at radius 1 is 1.41 bits per heavy atom. The van der Waals surface area contributed by atoms with E-state index in [4.69, 9.17) is 9.84 Å². The molecule has 0 aliphatic heterocycles. The second-order valence-electron chi connectivity index (χ2n) is 4.66. The van der Waals surface area contributed by atoms with E-state index in [0.29, 0.717) is 6.42 Å². The number of amides is 1. The zero-order valence-electron chi connectivity index (χ0n) is 10.4. The average Bonchev–Trinajstić information content (AvgIpc) is 2.77. The standard InChI is InChI=1S/C12H21NO4/c1-3-8(2)10(11(14)15)13-12(16)17-9-6-4-5-7-9/h8-10H,3-7H2,1-2H3,(H,13,16)(H,14,15). The van der Waals surface area contributed by atoms with Crippen molar-refractivity contribution in [2.24, 2.45) is 5.92 Å². The summed E-state index contributed by atoms with van der Waals surface area (Å²) in [5, 5.41) is 11.4. The SMILES string of the molecule is CCC(C)C(NC(=O)OC1CCCC1)C(=O)O. The summed E-state index contributed by atoms with van der Waals surface area (Å²) < 4.78 is 5.17. The minimum atomic E-state index is -1.01. The number of alkyl carbamates (subject to hydrolysis) is 1. The van der Waals surface area contributed by atoms with Crippen LogP contribution in [0.3, 0.4) is 0 Å². The summed E-state index contributed by atoms with van der Waals surface area (Å²) in [5.74, 6) is -1.12. The molecule has 1 rings (SSSR count). The van der Waals surface area contributed by atoms with Crippen molar-refractivity contribution < 1.29 is 19.4 Å². The Balaban J connectivity index is 2.43. The van der Waals surface area contributed by atoms with Crippen molar-refractivity contribution in [1.82, 2.24) is 5.32 Å². The van der Waals surface area contributed by atoms with Gasteiger partial charge in [0.25, 0.3) is 0 Å². The summed E-state index contributed by atoms with van der Waals surface area (Å²) in [6.07, 6.45) is 3.96. The van der Waals surface area contributed by atoms with Crippen LogP contribution in [0.4, 0.5) is 4.79 Å². The molecule has 5 nitrogen and oxygen atoms in total. The number of carbonyl (C=O) groups excluding carboxylic acids is 1. The lowest BCUT2D eigenvalue weighted by Gasteiger charge is -2.21. The second-order valence-corrected chi connectivity index (χ2v) is 4.66. The van der Waals surface area contributed by atoms with Crippen LogP contribution in [0.15, 0.2) is 0 Å². The Bertz CT molecular complexity index is 274. The van der Waals surface area contributed by atoms with Crippen molar-refractivity contribution in [2.45, 2.75) is 58.1 Å². The van der Waals surface area contributed by atoms with Crippen molar-refractivity contribution in [3.05, 3.63) is 0 Å². The first-order valence-corrected chi connectivity index (χ1v) is 6.24. The van der Waals surface area contributed by atoms with E-state index >= 15 is 0 Å². The van der Waals surface area contributed by atoms with E-state index in [1.807, 2.05) is 6.92 Å². The van der Waals surface area contributed by atoms with Crippen LogP contribution >= 0.6 is 0 Å². The highest BCUT2D eigenvalue weighted by molar-refractivity contribution is 5.80. The maximum atomic E-state index is 11.5. The third-order valence-electron chi connectivity index (χ3n) is 3.33. The monoisotopic (exact) mass is 243 g/mol. The van der Waals surface area contributed by atoms with Crippen LogP contribution in [0, 0.1) is 5.92 Å². The quantitative estimate of drug-likeness (QED) is 0.775. The van der Waals surface area contributed by atoms with Gasteiger partial charge in [-0.15, -0.1) is 0 Å². The van der Waals surface area contributed by atoms with Gasteiger partial charge >= 0.3 is 12.1 Å². The van der Waals surface area contributed by atoms with Gasteiger partial charge in [0.1, 0.15) is 12.1 Å². The zero-order valence-corrected chi connectivity index (χ0v) is 10.4. The molecule has 1 aliphatic rings. The lowest BCUT2D eigenvalue weighted by Crippen LogP contribution is -2.45. The van der Waals surface area contributed by atoms with Gasteiger partial charge in [0, 0.05) is 0 Å². The molecule has 1 amide bonds. The lowest BCUT2D eigenvalue weighted by atomic mass is 10.00. The third kappa shape index (κ3) is 4.24. The van der Waals surface area contributed by atoms with Gasteiger partial charge in [-0.3, -0.25) is 0 Å². The molecule has 0 spiro atoms. The number of rotatable bonds is 5. The molecule has 1 saturated carbocycles. The number of carboxylic acid groups (broad SMARTS) is 1. The molecule has 5 heteroatoms. The molecular formula is C12H21NO4. The second kappa shape index (κ2) is 6.47. The molecule has 0 saturated heterocycles. The molecule has 1 aliphatic carbocycles. The highest BCUT2D eigenvalue weighted by Crippen LogP contribution is 2.21. The Hall–Kier alpha value is -1.26. The van der Waals surface area contributed by atoms with Crippen molar-refractivity contribution in [1.29, 1.82) is 0 Å². The largest absolute Gasteiger partial charge is 0.480 e. The molecular weight excluding hydrogens is 222 g/mol. The van der Waals surface area contributed by atoms with Crippen molar-refractivity contribution >= 4 is 12.1 Å². The number of nitrogens with one attached hydrogen (secondary N) is 1. The van der Waals surface area contributed by atoms with Crippen LogP contribution in [0.1, 0.15) is 46.0 Å². The Labute approximate surface area is 102 Å². The summed E-state index contributed by atoms with van der Waals surface area (Å²) in [7, 11) is 0. The number of carbonyl (C=O) groups is 2. The number of aliphatic carboxylic acids is 1. The first-order chi connectivity index (χ1) is 8.04. The molecule has 0 aromatic rings. The topological polar surface area (TPSA) is 75.6 Å². The maximum Gasteiger partial charge on any atom is 0.408 e.